The van der Waals surface area contributed by atoms with E-state index in [9.17, 15) is 0 Å². The molecule has 0 saturated heterocycles. The second-order valence-corrected chi connectivity index (χ2v) is 4.97. The average Bonchev–Trinajstić information content (AvgIpc) is 2.48. The molecule has 0 aliphatic heterocycles. The lowest BCUT2D eigenvalue weighted by atomic mass is 9.95. The van der Waals surface area contributed by atoms with Gasteiger partial charge < -0.3 is 0 Å². The molecule has 94 valence electrons. The Bertz CT molecular complexity index is 681. The van der Waals surface area contributed by atoms with Gasteiger partial charge >= 0.3 is 0 Å². The molecule has 19 heavy (non-hydrogen) atoms. The predicted molar refractivity (Wildman–Crippen MR) is 83.4 cm³/mol. The molecule has 3 aromatic carbocycles. The summed E-state index contributed by atoms with van der Waals surface area (Å²) in [6, 6.07) is 24.0. The van der Waals surface area contributed by atoms with Crippen molar-refractivity contribution >= 4 is 10.8 Å². The fourth-order valence-corrected chi connectivity index (χ4v) is 2.66. The second-order valence-electron chi connectivity index (χ2n) is 4.97. The Labute approximate surface area is 114 Å². The van der Waals surface area contributed by atoms with Gasteiger partial charge in [0, 0.05) is 0 Å². The van der Waals surface area contributed by atoms with Crippen molar-refractivity contribution < 1.29 is 0 Å². The molecule has 0 saturated carbocycles. The van der Waals surface area contributed by atoms with Gasteiger partial charge in [-0.1, -0.05) is 74.0 Å². The minimum Gasteiger partial charge on any atom is -0.0651 e. The highest BCUT2D eigenvalue weighted by Gasteiger charge is 2.04. The van der Waals surface area contributed by atoms with Crippen LogP contribution in [0.15, 0.2) is 66.7 Å². The Morgan fingerprint density at radius 2 is 1.47 bits per heavy atom. The van der Waals surface area contributed by atoms with Crippen LogP contribution in [0.25, 0.3) is 21.9 Å². The zero-order chi connectivity index (χ0) is 13.1. The van der Waals surface area contributed by atoms with Crippen LogP contribution >= 0.6 is 0 Å². The van der Waals surface area contributed by atoms with Crippen LogP contribution < -0.4 is 0 Å². The van der Waals surface area contributed by atoms with Crippen LogP contribution in [0.4, 0.5) is 0 Å². The van der Waals surface area contributed by atoms with Gasteiger partial charge in [0.1, 0.15) is 0 Å². The molecular formula is C19H18. The summed E-state index contributed by atoms with van der Waals surface area (Å²) in [5, 5.41) is 2.73. The van der Waals surface area contributed by atoms with E-state index < -0.39 is 0 Å². The van der Waals surface area contributed by atoms with Crippen LogP contribution in [0, 0.1) is 0 Å². The molecular weight excluding hydrogens is 228 g/mol. The second kappa shape index (κ2) is 5.27. The first-order chi connectivity index (χ1) is 9.38. The highest BCUT2D eigenvalue weighted by molar-refractivity contribution is 5.90. The maximum absolute atomic E-state index is 2.35. The van der Waals surface area contributed by atoms with Gasteiger partial charge in [-0.3, -0.25) is 0 Å². The van der Waals surface area contributed by atoms with Gasteiger partial charge in [-0.25, -0.2) is 0 Å². The van der Waals surface area contributed by atoms with E-state index in [0.717, 1.165) is 6.42 Å². The molecule has 0 bridgehead atoms. The van der Waals surface area contributed by atoms with Crippen LogP contribution in [0.5, 0.6) is 0 Å². The lowest BCUT2D eigenvalue weighted by Crippen LogP contribution is -1.88. The molecule has 0 aromatic heterocycles. The van der Waals surface area contributed by atoms with Gasteiger partial charge in [-0.15, -0.1) is 0 Å². The van der Waals surface area contributed by atoms with Crippen LogP contribution in [0.1, 0.15) is 18.9 Å². The van der Waals surface area contributed by atoms with E-state index in [-0.39, 0.29) is 0 Å². The lowest BCUT2D eigenvalue weighted by molar-refractivity contribution is 0.930. The lowest BCUT2D eigenvalue weighted by Gasteiger charge is -2.10. The number of fused-ring (bicyclic) bond motifs is 1. The van der Waals surface area contributed by atoms with Gasteiger partial charge in [0.15, 0.2) is 0 Å². The minimum absolute atomic E-state index is 1.14. The summed E-state index contributed by atoms with van der Waals surface area (Å²) < 4.78 is 0. The molecule has 3 aromatic rings. The molecule has 0 nitrogen and oxygen atoms in total. The van der Waals surface area contributed by atoms with Gasteiger partial charge in [-0.2, -0.15) is 0 Å². The Balaban J connectivity index is 2.22. The fourth-order valence-electron chi connectivity index (χ4n) is 2.66. The van der Waals surface area contributed by atoms with Gasteiger partial charge in [-0.05, 0) is 39.9 Å². The molecule has 0 amide bonds. The monoisotopic (exact) mass is 246 g/mol. The summed E-state index contributed by atoms with van der Waals surface area (Å²) in [5.41, 5.74) is 4.08. The molecule has 0 aliphatic rings. The van der Waals surface area contributed by atoms with Crippen LogP contribution in [-0.2, 0) is 6.42 Å². The minimum atomic E-state index is 1.14. The molecule has 0 radical (unpaired) electrons. The Kier molecular flexibility index (Phi) is 3.33. The van der Waals surface area contributed by atoms with E-state index in [1.54, 1.807) is 0 Å². The van der Waals surface area contributed by atoms with Gasteiger partial charge in [0.2, 0.25) is 0 Å². The van der Waals surface area contributed by atoms with E-state index >= 15 is 0 Å². The zero-order valence-electron chi connectivity index (χ0n) is 11.3. The third kappa shape index (κ3) is 2.39. The third-order valence-electron chi connectivity index (χ3n) is 3.57. The Morgan fingerprint density at radius 1 is 0.737 bits per heavy atom. The summed E-state index contributed by atoms with van der Waals surface area (Å²) in [7, 11) is 0. The molecule has 0 N–H and O–H groups in total. The molecule has 0 atom stereocenters. The van der Waals surface area contributed by atoms with E-state index in [1.807, 2.05) is 0 Å². The molecule has 0 heteroatoms. The van der Waals surface area contributed by atoms with Crippen molar-refractivity contribution in [2.24, 2.45) is 0 Å². The fraction of sp³-hybridized carbons (Fsp3) is 0.158. The maximum atomic E-state index is 2.35. The van der Waals surface area contributed by atoms with Crippen LogP contribution in [0.2, 0.25) is 0 Å². The molecule has 0 aliphatic carbocycles. The largest absolute Gasteiger partial charge is 0.0651 e. The van der Waals surface area contributed by atoms with Gasteiger partial charge in [0.05, 0.1) is 0 Å². The van der Waals surface area contributed by atoms with E-state index in [4.69, 9.17) is 0 Å². The zero-order valence-corrected chi connectivity index (χ0v) is 11.3. The number of benzene rings is 3. The average molecular weight is 246 g/mol. The van der Waals surface area contributed by atoms with Crippen molar-refractivity contribution in [1.82, 2.24) is 0 Å². The topological polar surface area (TPSA) is 0 Å². The number of rotatable bonds is 3. The maximum Gasteiger partial charge on any atom is -0.0151 e. The van der Waals surface area contributed by atoms with Gasteiger partial charge in [0.25, 0.3) is 0 Å². The summed E-state index contributed by atoms with van der Waals surface area (Å²) >= 11 is 0. The highest BCUT2D eigenvalue weighted by atomic mass is 14.1. The Hall–Kier alpha value is -2.08. The normalized spacial score (nSPS) is 10.8. The van der Waals surface area contributed by atoms with E-state index in [0.29, 0.717) is 0 Å². The van der Waals surface area contributed by atoms with Crippen molar-refractivity contribution in [2.75, 3.05) is 0 Å². The smallest absolute Gasteiger partial charge is 0.0151 e. The first kappa shape index (κ1) is 12.0. The third-order valence-corrected chi connectivity index (χ3v) is 3.57. The number of aryl methyl sites for hydroxylation is 1. The first-order valence-electron chi connectivity index (χ1n) is 6.95. The molecule has 0 heterocycles. The predicted octanol–water partition coefficient (Wildman–Crippen LogP) is 5.46. The van der Waals surface area contributed by atoms with Crippen LogP contribution in [0.3, 0.4) is 0 Å². The van der Waals surface area contributed by atoms with E-state index in [1.165, 1.54) is 33.9 Å². The number of hydrogen-bond donors (Lipinski definition) is 0. The first-order valence-corrected chi connectivity index (χ1v) is 6.95. The summed E-state index contributed by atoms with van der Waals surface area (Å²) in [4.78, 5) is 0. The summed E-state index contributed by atoms with van der Waals surface area (Å²) in [5.74, 6) is 0. The van der Waals surface area contributed by atoms with Crippen molar-refractivity contribution in [1.29, 1.82) is 0 Å². The summed E-state index contributed by atoms with van der Waals surface area (Å²) in [6.07, 6.45) is 2.32. The van der Waals surface area contributed by atoms with Crippen molar-refractivity contribution in [3.05, 3.63) is 72.3 Å². The van der Waals surface area contributed by atoms with Crippen molar-refractivity contribution in [3.63, 3.8) is 0 Å². The molecule has 0 spiro atoms. The SMILES string of the molecule is CCCc1cc(-c2ccccc2)cc2ccccc12. The van der Waals surface area contributed by atoms with Crippen LogP contribution in [-0.4, -0.2) is 0 Å². The standard InChI is InChI=1S/C19H18/c1-2-8-16-13-18(15-9-4-3-5-10-15)14-17-11-6-7-12-19(16)17/h3-7,9-14H,2,8H2,1H3. The van der Waals surface area contributed by atoms with E-state index in [2.05, 4.69) is 73.7 Å². The highest BCUT2D eigenvalue weighted by Crippen LogP contribution is 2.28. The molecule has 0 fully saturated rings. The van der Waals surface area contributed by atoms with Crippen molar-refractivity contribution in [3.8, 4) is 11.1 Å². The Morgan fingerprint density at radius 3 is 2.26 bits per heavy atom. The van der Waals surface area contributed by atoms with Crippen molar-refractivity contribution in [2.45, 2.75) is 19.8 Å². The molecule has 3 rings (SSSR count). The number of hydrogen-bond acceptors (Lipinski definition) is 0. The summed E-state index contributed by atoms with van der Waals surface area (Å²) in [6.45, 7) is 2.24. The molecule has 0 unspecified atom stereocenters. The quantitative estimate of drug-likeness (QED) is 0.575.